The average Bonchev–Trinajstić information content (AvgIpc) is 3.02. The van der Waals surface area contributed by atoms with E-state index < -0.39 is 50.5 Å². The number of anilines is 2. The van der Waals surface area contributed by atoms with Crippen molar-refractivity contribution in [2.75, 3.05) is 42.0 Å². The zero-order valence-electron chi connectivity index (χ0n) is 25.0. The van der Waals surface area contributed by atoms with Gasteiger partial charge in [0.2, 0.25) is 0 Å². The summed E-state index contributed by atoms with van der Waals surface area (Å²) < 4.78 is 116. The van der Waals surface area contributed by atoms with Crippen LogP contribution < -0.4 is 9.21 Å². The second-order valence-corrected chi connectivity index (χ2v) is 13.4. The summed E-state index contributed by atoms with van der Waals surface area (Å²) in [4.78, 5) is 15.5. The molecule has 15 heteroatoms. The SMILES string of the molecule is CCCCOC(=O)N1CCN2c3ccc(/C=C/c4c(Cl)cccc4C(F)(F)F)cc3N(S(=O)(=O)c3cccc(C(F)(F)F)c3)C[C@H]2C1. The van der Waals surface area contributed by atoms with E-state index in [2.05, 4.69) is 0 Å². The van der Waals surface area contributed by atoms with Crippen LogP contribution in [0.3, 0.4) is 0 Å². The van der Waals surface area contributed by atoms with Gasteiger partial charge in [0.15, 0.2) is 0 Å². The molecule has 0 radical (unpaired) electrons. The molecule has 5 rings (SSSR count). The number of ether oxygens (including phenoxy) is 1. The first-order valence-corrected chi connectivity index (χ1v) is 16.5. The van der Waals surface area contributed by atoms with Gasteiger partial charge in [-0.25, -0.2) is 13.2 Å². The van der Waals surface area contributed by atoms with E-state index in [4.69, 9.17) is 16.3 Å². The fourth-order valence-corrected chi connectivity index (χ4v) is 7.38. The van der Waals surface area contributed by atoms with Crippen LogP contribution in [0.1, 0.15) is 42.0 Å². The highest BCUT2D eigenvalue weighted by molar-refractivity contribution is 7.92. The largest absolute Gasteiger partial charge is 0.449 e. The van der Waals surface area contributed by atoms with E-state index in [1.54, 1.807) is 12.1 Å². The highest BCUT2D eigenvalue weighted by atomic mass is 35.5. The minimum absolute atomic E-state index is 0.0907. The molecule has 1 saturated heterocycles. The lowest BCUT2D eigenvalue weighted by atomic mass is 10.0. The van der Waals surface area contributed by atoms with E-state index in [0.717, 1.165) is 35.0 Å². The molecular formula is C32H30ClF6N3O4S. The summed E-state index contributed by atoms with van der Waals surface area (Å²) in [5, 5.41) is -0.142. The summed E-state index contributed by atoms with van der Waals surface area (Å²) in [5.41, 5.74) is -1.51. The molecule has 0 spiro atoms. The number of fused-ring (bicyclic) bond motifs is 3. The van der Waals surface area contributed by atoms with Gasteiger partial charge < -0.3 is 14.5 Å². The number of unbranched alkanes of at least 4 members (excludes halogenated alkanes) is 1. The van der Waals surface area contributed by atoms with Gasteiger partial charge >= 0.3 is 18.4 Å². The van der Waals surface area contributed by atoms with Crippen LogP contribution in [0.5, 0.6) is 0 Å². The standard InChI is InChI=1S/C32H30ClF6N3O4S/c1-2-3-16-46-30(43)40-14-15-41-23(19-40)20-42(47(44,45)24-7-4-6-22(18-24)31(34,35)36)29-17-21(11-13-28(29)41)10-12-25-26(32(37,38)39)8-5-9-27(25)33/h4-13,17-18,23H,2-3,14-16,19-20H2,1H3/b12-10+/t23-/m1/s1. The number of sulfonamides is 1. The van der Waals surface area contributed by atoms with Crippen LogP contribution in [0.25, 0.3) is 12.2 Å². The van der Waals surface area contributed by atoms with Gasteiger partial charge in [0.05, 0.1) is 46.6 Å². The Balaban J connectivity index is 1.56. The molecule has 0 bridgehead atoms. The summed E-state index contributed by atoms with van der Waals surface area (Å²) in [6.07, 6.45) is -6.01. The Kier molecular flexibility index (Phi) is 9.74. The van der Waals surface area contributed by atoms with E-state index >= 15 is 0 Å². The quantitative estimate of drug-likeness (QED) is 0.141. The van der Waals surface area contributed by atoms with Crippen LogP contribution in [-0.4, -0.2) is 58.2 Å². The Morgan fingerprint density at radius 2 is 1.68 bits per heavy atom. The molecule has 2 aliphatic rings. The topological polar surface area (TPSA) is 70.2 Å². The molecule has 1 fully saturated rings. The van der Waals surface area contributed by atoms with Crippen molar-refractivity contribution in [3.63, 3.8) is 0 Å². The molecule has 0 aliphatic carbocycles. The van der Waals surface area contributed by atoms with E-state index in [9.17, 15) is 39.6 Å². The summed E-state index contributed by atoms with van der Waals surface area (Å²) >= 11 is 6.10. The van der Waals surface area contributed by atoms with E-state index in [1.165, 1.54) is 35.3 Å². The molecule has 0 unspecified atom stereocenters. The zero-order valence-corrected chi connectivity index (χ0v) is 26.6. The van der Waals surface area contributed by atoms with Gasteiger partial charge in [-0.15, -0.1) is 0 Å². The Labute approximate surface area is 273 Å². The van der Waals surface area contributed by atoms with Crippen LogP contribution in [0, 0.1) is 0 Å². The summed E-state index contributed by atoms with van der Waals surface area (Å²) in [5.74, 6) is 0. The van der Waals surface area contributed by atoms with Crippen molar-refractivity contribution in [1.82, 2.24) is 4.90 Å². The van der Waals surface area contributed by atoms with E-state index in [1.807, 2.05) is 11.8 Å². The molecule has 1 amide bonds. The fraction of sp³-hybridized carbons (Fsp3) is 0.344. The van der Waals surface area contributed by atoms with Crippen molar-refractivity contribution in [1.29, 1.82) is 0 Å². The zero-order chi connectivity index (χ0) is 34.1. The first-order chi connectivity index (χ1) is 22.1. The molecule has 3 aromatic rings. The first kappa shape index (κ1) is 34.4. The third-order valence-corrected chi connectivity index (χ3v) is 10.1. The number of carbonyl (C=O) groups is 1. The molecule has 2 heterocycles. The Bertz CT molecular complexity index is 1780. The predicted octanol–water partition coefficient (Wildman–Crippen LogP) is 8.18. The van der Waals surface area contributed by atoms with Gasteiger partial charge in [-0.05, 0) is 54.4 Å². The monoisotopic (exact) mass is 701 g/mol. The van der Waals surface area contributed by atoms with Crippen molar-refractivity contribution in [2.45, 2.75) is 43.1 Å². The number of nitrogens with zero attached hydrogens (tertiary/aromatic N) is 3. The Morgan fingerprint density at radius 3 is 2.38 bits per heavy atom. The number of hydrogen-bond donors (Lipinski definition) is 0. The predicted molar refractivity (Wildman–Crippen MR) is 167 cm³/mol. The van der Waals surface area contributed by atoms with Crippen LogP contribution in [0.4, 0.5) is 42.5 Å². The molecule has 2 aliphatic heterocycles. The number of piperazine rings is 1. The highest BCUT2D eigenvalue weighted by Gasteiger charge is 2.42. The number of halogens is 7. The van der Waals surface area contributed by atoms with Crippen molar-refractivity contribution < 1.29 is 44.3 Å². The fourth-order valence-electron chi connectivity index (χ4n) is 5.59. The average molecular weight is 702 g/mol. The number of alkyl halides is 6. The molecule has 0 saturated carbocycles. The van der Waals surface area contributed by atoms with Crippen LogP contribution in [0.2, 0.25) is 5.02 Å². The molecule has 1 atom stereocenters. The lowest BCUT2D eigenvalue weighted by Crippen LogP contribution is -2.61. The van der Waals surface area contributed by atoms with Crippen molar-refractivity contribution >= 4 is 51.2 Å². The molecule has 0 N–H and O–H groups in total. The second-order valence-electron chi connectivity index (χ2n) is 11.1. The van der Waals surface area contributed by atoms with Crippen molar-refractivity contribution in [3.8, 4) is 0 Å². The maximum atomic E-state index is 14.1. The van der Waals surface area contributed by atoms with Gasteiger partial charge in [-0.3, -0.25) is 4.31 Å². The second kappa shape index (κ2) is 13.3. The third-order valence-electron chi connectivity index (χ3n) is 7.97. The number of benzene rings is 3. The Morgan fingerprint density at radius 1 is 0.936 bits per heavy atom. The smallest absolute Gasteiger partial charge is 0.417 e. The van der Waals surface area contributed by atoms with E-state index in [0.29, 0.717) is 30.3 Å². The molecule has 3 aromatic carbocycles. The van der Waals surface area contributed by atoms with Crippen molar-refractivity contribution in [2.24, 2.45) is 0 Å². The summed E-state index contributed by atoms with van der Waals surface area (Å²) in [7, 11) is -4.60. The molecule has 0 aromatic heterocycles. The maximum Gasteiger partial charge on any atom is 0.417 e. The van der Waals surface area contributed by atoms with E-state index in [-0.39, 0.29) is 42.5 Å². The lowest BCUT2D eigenvalue weighted by Gasteiger charge is -2.48. The van der Waals surface area contributed by atoms with Gasteiger partial charge in [0.1, 0.15) is 0 Å². The molecule has 252 valence electrons. The van der Waals surface area contributed by atoms with Gasteiger partial charge in [0.25, 0.3) is 10.0 Å². The Hall–Kier alpha value is -3.91. The van der Waals surface area contributed by atoms with Crippen LogP contribution in [0.15, 0.2) is 65.6 Å². The number of carbonyl (C=O) groups excluding carboxylic acids is 1. The minimum Gasteiger partial charge on any atom is -0.449 e. The first-order valence-electron chi connectivity index (χ1n) is 14.7. The lowest BCUT2D eigenvalue weighted by molar-refractivity contribution is -0.138. The molecule has 47 heavy (non-hydrogen) atoms. The normalized spacial score (nSPS) is 17.1. The number of amides is 1. The van der Waals surface area contributed by atoms with Crippen LogP contribution >= 0.6 is 11.6 Å². The number of rotatable bonds is 7. The maximum absolute atomic E-state index is 14.1. The summed E-state index contributed by atoms with van der Waals surface area (Å²) in [6, 6.07) is 10.8. The molecular weight excluding hydrogens is 672 g/mol. The highest BCUT2D eigenvalue weighted by Crippen LogP contribution is 2.42. The van der Waals surface area contributed by atoms with Gasteiger partial charge in [-0.2, -0.15) is 26.3 Å². The molecule has 7 nitrogen and oxygen atoms in total. The van der Waals surface area contributed by atoms with Crippen LogP contribution in [-0.2, 0) is 27.1 Å². The third kappa shape index (κ3) is 7.33. The van der Waals surface area contributed by atoms with Gasteiger partial charge in [0, 0.05) is 30.2 Å². The summed E-state index contributed by atoms with van der Waals surface area (Å²) in [6.45, 7) is 2.63. The minimum atomic E-state index is -4.80. The van der Waals surface area contributed by atoms with Crippen molar-refractivity contribution in [3.05, 3.63) is 87.9 Å². The van der Waals surface area contributed by atoms with Gasteiger partial charge in [-0.1, -0.05) is 55.3 Å². The number of hydrogen-bond acceptors (Lipinski definition) is 5.